The number of nitrogens with zero attached hydrogens (tertiary/aromatic N) is 3. The van der Waals surface area contributed by atoms with Gasteiger partial charge in [-0.1, -0.05) is 30.7 Å². The molecule has 2 aromatic rings. The van der Waals surface area contributed by atoms with E-state index < -0.39 is 0 Å². The number of hydrogen-bond acceptors (Lipinski definition) is 6. The SMILES string of the molecule is CC(Sc1nnc(-c2cccs2)n1CC1CCCO1)C(=O)NC1CCCC1. The topological polar surface area (TPSA) is 69.0 Å². The van der Waals surface area contributed by atoms with Crippen LogP contribution in [-0.4, -0.2) is 44.7 Å². The zero-order valence-electron chi connectivity index (χ0n) is 15.6. The predicted molar refractivity (Wildman–Crippen MR) is 108 cm³/mol. The first-order valence-electron chi connectivity index (χ1n) is 9.76. The summed E-state index contributed by atoms with van der Waals surface area (Å²) in [5.41, 5.74) is 0. The lowest BCUT2D eigenvalue weighted by Crippen LogP contribution is -2.37. The van der Waals surface area contributed by atoms with E-state index in [0.29, 0.717) is 6.04 Å². The van der Waals surface area contributed by atoms with Crippen LogP contribution in [0.2, 0.25) is 0 Å². The van der Waals surface area contributed by atoms with Crippen molar-refractivity contribution < 1.29 is 9.53 Å². The van der Waals surface area contributed by atoms with Crippen LogP contribution in [0.4, 0.5) is 0 Å². The van der Waals surface area contributed by atoms with Gasteiger partial charge in [-0.3, -0.25) is 9.36 Å². The molecule has 2 atom stereocenters. The minimum absolute atomic E-state index is 0.0937. The maximum Gasteiger partial charge on any atom is 0.233 e. The van der Waals surface area contributed by atoms with Crippen LogP contribution in [0.5, 0.6) is 0 Å². The quantitative estimate of drug-likeness (QED) is 0.710. The van der Waals surface area contributed by atoms with Gasteiger partial charge in [0.1, 0.15) is 0 Å². The van der Waals surface area contributed by atoms with Gasteiger partial charge in [-0.05, 0) is 44.1 Å². The smallest absolute Gasteiger partial charge is 0.233 e. The molecule has 2 aromatic heterocycles. The number of ether oxygens (including phenoxy) is 1. The Morgan fingerprint density at radius 3 is 2.93 bits per heavy atom. The van der Waals surface area contributed by atoms with Gasteiger partial charge < -0.3 is 10.1 Å². The third-order valence-electron chi connectivity index (χ3n) is 5.22. The van der Waals surface area contributed by atoms with Crippen LogP contribution in [0.25, 0.3) is 10.7 Å². The standard InChI is InChI=1S/C19H26N4O2S2/c1-13(18(24)20-14-6-2-3-7-14)27-19-22-21-17(16-9-5-11-26-16)23(19)12-15-8-4-10-25-15/h5,9,11,13-15H,2-4,6-8,10,12H2,1H3,(H,20,24). The fourth-order valence-electron chi connectivity index (χ4n) is 3.72. The van der Waals surface area contributed by atoms with Gasteiger partial charge in [-0.2, -0.15) is 0 Å². The summed E-state index contributed by atoms with van der Waals surface area (Å²) in [6.07, 6.45) is 6.98. The summed E-state index contributed by atoms with van der Waals surface area (Å²) in [5, 5.41) is 14.7. The lowest BCUT2D eigenvalue weighted by atomic mass is 10.2. The van der Waals surface area contributed by atoms with E-state index in [-0.39, 0.29) is 17.3 Å². The van der Waals surface area contributed by atoms with E-state index in [1.165, 1.54) is 24.6 Å². The summed E-state index contributed by atoms with van der Waals surface area (Å²) in [6.45, 7) is 3.51. The average Bonchev–Trinajstić information content (AvgIpc) is 3.45. The van der Waals surface area contributed by atoms with Gasteiger partial charge in [-0.25, -0.2) is 0 Å². The Kier molecular flexibility index (Phi) is 6.14. The van der Waals surface area contributed by atoms with Crippen molar-refractivity contribution in [3.8, 4) is 10.7 Å². The number of rotatable bonds is 7. The van der Waals surface area contributed by atoms with E-state index >= 15 is 0 Å². The summed E-state index contributed by atoms with van der Waals surface area (Å²) in [6, 6.07) is 4.42. The maximum atomic E-state index is 12.6. The van der Waals surface area contributed by atoms with Crippen LogP contribution in [0.3, 0.4) is 0 Å². The fourth-order valence-corrected chi connectivity index (χ4v) is 5.31. The predicted octanol–water partition coefficient (Wildman–Crippen LogP) is 3.73. The molecule has 6 nitrogen and oxygen atoms in total. The first kappa shape index (κ1) is 19.0. The largest absolute Gasteiger partial charge is 0.376 e. The monoisotopic (exact) mass is 406 g/mol. The van der Waals surface area contributed by atoms with Crippen molar-refractivity contribution in [2.24, 2.45) is 0 Å². The molecule has 4 rings (SSSR count). The molecule has 1 aliphatic carbocycles. The minimum Gasteiger partial charge on any atom is -0.376 e. The highest BCUT2D eigenvalue weighted by Gasteiger charge is 2.26. The molecule has 146 valence electrons. The molecule has 1 amide bonds. The Bertz CT molecular complexity index is 750. The molecule has 8 heteroatoms. The number of carbonyl (C=O) groups excluding carboxylic acids is 1. The number of aromatic nitrogens is 3. The van der Waals surface area contributed by atoms with Crippen molar-refractivity contribution in [3.05, 3.63) is 17.5 Å². The van der Waals surface area contributed by atoms with E-state index in [2.05, 4.69) is 26.1 Å². The number of amides is 1. The van der Waals surface area contributed by atoms with Crippen LogP contribution in [0, 0.1) is 0 Å². The van der Waals surface area contributed by atoms with Gasteiger partial charge in [0.15, 0.2) is 11.0 Å². The zero-order valence-corrected chi connectivity index (χ0v) is 17.2. The molecule has 1 N–H and O–H groups in total. The molecule has 27 heavy (non-hydrogen) atoms. The summed E-state index contributed by atoms with van der Waals surface area (Å²) < 4.78 is 7.96. The molecule has 0 radical (unpaired) electrons. The summed E-state index contributed by atoms with van der Waals surface area (Å²) >= 11 is 3.14. The van der Waals surface area contributed by atoms with Crippen molar-refractivity contribution in [1.82, 2.24) is 20.1 Å². The molecule has 0 bridgehead atoms. The van der Waals surface area contributed by atoms with Crippen LogP contribution in [0.15, 0.2) is 22.7 Å². The number of thiophene rings is 1. The Morgan fingerprint density at radius 1 is 1.37 bits per heavy atom. The second kappa shape index (κ2) is 8.75. The highest BCUT2D eigenvalue weighted by molar-refractivity contribution is 8.00. The third kappa shape index (κ3) is 4.55. The van der Waals surface area contributed by atoms with Gasteiger partial charge >= 0.3 is 0 Å². The lowest BCUT2D eigenvalue weighted by molar-refractivity contribution is -0.120. The fraction of sp³-hybridized carbons (Fsp3) is 0.632. The third-order valence-corrected chi connectivity index (χ3v) is 7.17. The van der Waals surface area contributed by atoms with Crippen LogP contribution in [0.1, 0.15) is 45.4 Å². The van der Waals surface area contributed by atoms with E-state index in [1.807, 2.05) is 18.4 Å². The van der Waals surface area contributed by atoms with Crippen molar-refractivity contribution in [3.63, 3.8) is 0 Å². The van der Waals surface area contributed by atoms with Gasteiger partial charge in [0.2, 0.25) is 5.91 Å². The highest BCUT2D eigenvalue weighted by Crippen LogP contribution is 2.31. The molecule has 0 spiro atoms. The van der Waals surface area contributed by atoms with E-state index in [4.69, 9.17) is 4.74 Å². The molecule has 2 aliphatic rings. The Morgan fingerprint density at radius 2 is 2.22 bits per heavy atom. The Hall–Kier alpha value is -1.38. The molecule has 0 aromatic carbocycles. The first-order chi connectivity index (χ1) is 13.2. The lowest BCUT2D eigenvalue weighted by Gasteiger charge is -2.18. The molecule has 1 saturated carbocycles. The maximum absolute atomic E-state index is 12.6. The Labute approximate surface area is 168 Å². The van der Waals surface area contributed by atoms with E-state index in [0.717, 1.165) is 54.7 Å². The van der Waals surface area contributed by atoms with Gasteiger partial charge in [0.25, 0.3) is 0 Å². The van der Waals surface area contributed by atoms with Crippen LogP contribution >= 0.6 is 23.1 Å². The van der Waals surface area contributed by atoms with Crippen molar-refractivity contribution >= 4 is 29.0 Å². The average molecular weight is 407 g/mol. The highest BCUT2D eigenvalue weighted by atomic mass is 32.2. The molecule has 1 aliphatic heterocycles. The minimum atomic E-state index is -0.200. The summed E-state index contributed by atoms with van der Waals surface area (Å²) in [7, 11) is 0. The van der Waals surface area contributed by atoms with Gasteiger partial charge in [0.05, 0.1) is 22.8 Å². The van der Waals surface area contributed by atoms with Gasteiger partial charge in [0, 0.05) is 12.6 Å². The molecular weight excluding hydrogens is 380 g/mol. The second-order valence-electron chi connectivity index (χ2n) is 7.28. The van der Waals surface area contributed by atoms with Crippen LogP contribution in [-0.2, 0) is 16.1 Å². The second-order valence-corrected chi connectivity index (χ2v) is 9.53. The molecule has 3 heterocycles. The number of carbonyl (C=O) groups is 1. The number of nitrogens with one attached hydrogen (secondary N) is 1. The number of hydrogen-bond donors (Lipinski definition) is 1. The van der Waals surface area contributed by atoms with E-state index in [9.17, 15) is 4.79 Å². The van der Waals surface area contributed by atoms with Crippen LogP contribution < -0.4 is 5.32 Å². The van der Waals surface area contributed by atoms with Crippen molar-refractivity contribution in [2.45, 2.75) is 74.5 Å². The summed E-state index contributed by atoms with van der Waals surface area (Å²) in [4.78, 5) is 13.7. The summed E-state index contributed by atoms with van der Waals surface area (Å²) in [5.74, 6) is 0.961. The van der Waals surface area contributed by atoms with E-state index in [1.54, 1.807) is 11.3 Å². The normalized spacial score (nSPS) is 21.6. The van der Waals surface area contributed by atoms with Crippen molar-refractivity contribution in [2.75, 3.05) is 6.61 Å². The number of thioether (sulfide) groups is 1. The molecule has 2 unspecified atom stereocenters. The molecular formula is C19H26N4O2S2. The van der Waals surface area contributed by atoms with Crippen molar-refractivity contribution in [1.29, 1.82) is 0 Å². The van der Waals surface area contributed by atoms with Gasteiger partial charge in [-0.15, -0.1) is 21.5 Å². The molecule has 2 fully saturated rings. The first-order valence-corrected chi connectivity index (χ1v) is 11.5. The molecule has 1 saturated heterocycles. The zero-order chi connectivity index (χ0) is 18.6. The Balaban J connectivity index is 1.49.